The number of benzene rings is 8. The molecule has 0 N–H and O–H groups in total. The monoisotopic (exact) mass is 811 g/mol. The van der Waals surface area contributed by atoms with E-state index in [-0.39, 0.29) is 0 Å². The van der Waals surface area contributed by atoms with Crippen molar-refractivity contribution in [1.29, 1.82) is 0 Å². The topological polar surface area (TPSA) is 87.1 Å². The van der Waals surface area contributed by atoms with Gasteiger partial charge >= 0.3 is 0 Å². The van der Waals surface area contributed by atoms with Crippen molar-refractivity contribution in [2.24, 2.45) is 0 Å². The van der Waals surface area contributed by atoms with E-state index in [1.807, 2.05) is 127 Å². The molecule has 0 saturated carbocycles. The van der Waals surface area contributed by atoms with Crippen LogP contribution in [0.1, 0.15) is 0 Å². The molecule has 9 heteroatoms. The zero-order chi connectivity index (χ0) is 42.0. The van der Waals surface area contributed by atoms with Crippen LogP contribution in [0, 0.1) is 0 Å². The van der Waals surface area contributed by atoms with E-state index in [4.69, 9.17) is 29.9 Å². The smallest absolute Gasteiger partial charge is 0.238 e. The number of aromatic nitrogens is 6. The molecule has 0 radical (unpaired) electrons. The lowest BCUT2D eigenvalue weighted by molar-refractivity contribution is 1.01. The Morgan fingerprint density at radius 1 is 0.206 bits per heavy atom. The van der Waals surface area contributed by atoms with Crippen molar-refractivity contribution in [2.75, 3.05) is 14.7 Å². The van der Waals surface area contributed by atoms with Gasteiger partial charge in [0.2, 0.25) is 11.9 Å². The molecular formula is C54H37N9. The van der Waals surface area contributed by atoms with Crippen LogP contribution in [-0.2, 0) is 0 Å². The minimum absolute atomic E-state index is 0.461. The third-order valence-electron chi connectivity index (χ3n) is 10.8. The number of hydrogen-bond donors (Lipinski definition) is 0. The third kappa shape index (κ3) is 7.40. The predicted octanol–water partition coefficient (Wildman–Crippen LogP) is 13.4. The van der Waals surface area contributed by atoms with Crippen LogP contribution in [0.4, 0.5) is 51.7 Å². The van der Waals surface area contributed by atoms with Gasteiger partial charge in [-0.2, -0.15) is 19.9 Å². The molecule has 10 aromatic rings. The molecule has 0 saturated heterocycles. The molecule has 63 heavy (non-hydrogen) atoms. The molecule has 0 fully saturated rings. The van der Waals surface area contributed by atoms with E-state index in [9.17, 15) is 0 Å². The lowest BCUT2D eigenvalue weighted by atomic mass is 10.1. The molecule has 2 aromatic heterocycles. The number of rotatable bonds is 7. The normalized spacial score (nSPS) is 12.0. The van der Waals surface area contributed by atoms with Gasteiger partial charge in [-0.1, -0.05) is 158 Å². The summed E-state index contributed by atoms with van der Waals surface area (Å²) in [5, 5.41) is 0. The first kappa shape index (κ1) is 37.2. The highest BCUT2D eigenvalue weighted by atomic mass is 15.3. The van der Waals surface area contributed by atoms with Crippen LogP contribution in [0.3, 0.4) is 0 Å². The second-order valence-corrected chi connectivity index (χ2v) is 14.9. The largest absolute Gasteiger partial charge is 0.310 e. The maximum atomic E-state index is 5.24. The lowest BCUT2D eigenvalue weighted by Crippen LogP contribution is -2.19. The molecular weight excluding hydrogens is 775 g/mol. The Morgan fingerprint density at radius 3 is 0.730 bits per heavy atom. The summed E-state index contributed by atoms with van der Waals surface area (Å²) in [6, 6.07) is 75.9. The van der Waals surface area contributed by atoms with E-state index in [0.717, 1.165) is 62.1 Å². The summed E-state index contributed by atoms with van der Waals surface area (Å²) in [4.78, 5) is 37.5. The van der Waals surface area contributed by atoms with E-state index >= 15 is 0 Å². The van der Waals surface area contributed by atoms with E-state index in [1.165, 1.54) is 0 Å². The van der Waals surface area contributed by atoms with Crippen LogP contribution in [0.2, 0.25) is 0 Å². The summed E-state index contributed by atoms with van der Waals surface area (Å²) >= 11 is 0. The Morgan fingerprint density at radius 2 is 0.444 bits per heavy atom. The maximum Gasteiger partial charge on any atom is 0.238 e. The Kier molecular flexibility index (Phi) is 9.64. The Hall–Kier alpha value is -8.82. The first-order valence-electron chi connectivity index (χ1n) is 20.7. The summed E-state index contributed by atoms with van der Waals surface area (Å²) in [6.45, 7) is 0. The second kappa shape index (κ2) is 16.3. The van der Waals surface area contributed by atoms with Crippen molar-refractivity contribution in [3.8, 4) is 45.6 Å². The molecule has 0 amide bonds. The van der Waals surface area contributed by atoms with Crippen molar-refractivity contribution in [2.45, 2.75) is 0 Å². The fraction of sp³-hybridized carbons (Fsp3) is 0. The van der Waals surface area contributed by atoms with E-state index in [2.05, 4.69) is 112 Å². The number of fused-ring (bicyclic) bond motifs is 6. The molecule has 0 atom stereocenters. The van der Waals surface area contributed by atoms with Crippen molar-refractivity contribution >= 4 is 51.7 Å². The molecule has 0 unspecified atom stereocenters. The van der Waals surface area contributed by atoms with Crippen LogP contribution in [0.25, 0.3) is 45.6 Å². The molecule has 6 bridgehead atoms. The van der Waals surface area contributed by atoms with Crippen molar-refractivity contribution in [3.63, 3.8) is 0 Å². The van der Waals surface area contributed by atoms with Crippen LogP contribution in [0.15, 0.2) is 224 Å². The minimum atomic E-state index is 0.461. The van der Waals surface area contributed by atoms with Crippen LogP contribution in [-0.4, -0.2) is 29.9 Å². The third-order valence-corrected chi connectivity index (χ3v) is 10.8. The van der Waals surface area contributed by atoms with Gasteiger partial charge in [-0.15, -0.1) is 0 Å². The van der Waals surface area contributed by atoms with Gasteiger partial charge in [0.05, 0.1) is 22.7 Å². The lowest BCUT2D eigenvalue weighted by Gasteiger charge is -2.32. The summed E-state index contributed by atoms with van der Waals surface area (Å²) in [6.07, 6.45) is 0. The molecule has 11 rings (SSSR count). The van der Waals surface area contributed by atoms with Gasteiger partial charge in [-0.3, -0.25) is 9.80 Å². The van der Waals surface area contributed by atoms with Crippen LogP contribution < -0.4 is 14.7 Å². The van der Waals surface area contributed by atoms with Gasteiger partial charge in [0, 0.05) is 39.3 Å². The quantitative estimate of drug-likeness (QED) is 0.156. The molecule has 3 heterocycles. The summed E-state index contributed by atoms with van der Waals surface area (Å²) in [5.74, 6) is 3.17. The molecule has 8 aromatic carbocycles. The van der Waals surface area contributed by atoms with Gasteiger partial charge in [0.25, 0.3) is 0 Å². The van der Waals surface area contributed by atoms with Gasteiger partial charge in [0.1, 0.15) is 0 Å². The number of anilines is 9. The molecule has 0 aliphatic carbocycles. The molecule has 0 spiro atoms. The van der Waals surface area contributed by atoms with Crippen LogP contribution >= 0.6 is 0 Å². The minimum Gasteiger partial charge on any atom is -0.310 e. The summed E-state index contributed by atoms with van der Waals surface area (Å²) in [5.41, 5.74) is 9.78. The first-order valence-corrected chi connectivity index (χ1v) is 20.7. The van der Waals surface area contributed by atoms with Gasteiger partial charge in [0.15, 0.2) is 23.3 Å². The van der Waals surface area contributed by atoms with Crippen molar-refractivity contribution in [1.82, 2.24) is 29.9 Å². The fourth-order valence-electron chi connectivity index (χ4n) is 7.89. The Balaban J connectivity index is 1.19. The highest BCUT2D eigenvalue weighted by Gasteiger charge is 2.26. The van der Waals surface area contributed by atoms with Gasteiger partial charge in [-0.25, -0.2) is 9.97 Å². The zero-order valence-corrected chi connectivity index (χ0v) is 33.9. The molecule has 298 valence electrons. The van der Waals surface area contributed by atoms with Gasteiger partial charge < -0.3 is 4.90 Å². The van der Waals surface area contributed by atoms with Crippen molar-refractivity contribution < 1.29 is 0 Å². The Bertz CT molecular complexity index is 2880. The maximum absolute atomic E-state index is 5.24. The number of para-hydroxylation sites is 1. The van der Waals surface area contributed by atoms with Crippen LogP contribution in [0.5, 0.6) is 0 Å². The first-order chi connectivity index (χ1) is 31.2. The standard InChI is InChI=1S/C54H37N9/c1-6-19-38(20-7-1)49-55-50(39-21-8-2-9-22-39)58-53(57-49)62-45-31-16-29-43(35-45)61(42-27-14-5-15-28-42)44-30-17-32-46(36-44)63(48-34-18-33-47(62)37-48)54-59-51(40-23-10-3-11-24-40)56-52(60-54)41-25-12-4-13-26-41/h1-37H. The highest BCUT2D eigenvalue weighted by molar-refractivity contribution is 5.87. The predicted molar refractivity (Wildman–Crippen MR) is 253 cm³/mol. The molecule has 1 aliphatic heterocycles. The zero-order valence-electron chi connectivity index (χ0n) is 33.9. The average Bonchev–Trinajstić information content (AvgIpc) is 3.36. The van der Waals surface area contributed by atoms with E-state index in [0.29, 0.717) is 35.2 Å². The Labute approximate surface area is 365 Å². The highest BCUT2D eigenvalue weighted by Crippen LogP contribution is 2.45. The van der Waals surface area contributed by atoms with E-state index in [1.54, 1.807) is 0 Å². The van der Waals surface area contributed by atoms with Crippen molar-refractivity contribution in [3.05, 3.63) is 224 Å². The number of hydrogen-bond acceptors (Lipinski definition) is 9. The second-order valence-electron chi connectivity index (χ2n) is 14.9. The average molecular weight is 812 g/mol. The molecule has 9 nitrogen and oxygen atoms in total. The van der Waals surface area contributed by atoms with Gasteiger partial charge in [-0.05, 0) is 66.7 Å². The number of nitrogens with zero attached hydrogens (tertiary/aromatic N) is 9. The molecule has 1 aliphatic rings. The summed E-state index contributed by atoms with van der Waals surface area (Å²) in [7, 11) is 0. The SMILES string of the molecule is c1ccc(-c2nc(-c3ccccc3)nc(N3c4cccc(c4)N(c4ccccc4)c4cccc(c4)N(c4nc(-c5ccccc5)nc(-c5ccccc5)n4)c4cccc3c4)n2)cc1. The summed E-state index contributed by atoms with van der Waals surface area (Å²) < 4.78 is 0. The van der Waals surface area contributed by atoms with E-state index < -0.39 is 0 Å². The fourth-order valence-corrected chi connectivity index (χ4v) is 7.89.